The van der Waals surface area contributed by atoms with E-state index < -0.39 is 27.1 Å². The van der Waals surface area contributed by atoms with Crippen LogP contribution in [0.25, 0.3) is 0 Å². The van der Waals surface area contributed by atoms with Crippen LogP contribution in [0.5, 0.6) is 5.75 Å². The first-order valence-electron chi connectivity index (χ1n) is 8.12. The van der Waals surface area contributed by atoms with Gasteiger partial charge in [0.05, 0.1) is 21.5 Å². The number of likely N-dealkylation sites (tertiary alicyclic amines) is 1. The van der Waals surface area contributed by atoms with Crippen molar-refractivity contribution in [2.45, 2.75) is 12.5 Å². The Labute approximate surface area is 153 Å². The van der Waals surface area contributed by atoms with Crippen molar-refractivity contribution in [2.24, 2.45) is 0 Å². The summed E-state index contributed by atoms with van der Waals surface area (Å²) in [5.74, 6) is -0.340. The van der Waals surface area contributed by atoms with Gasteiger partial charge < -0.3 is 15.3 Å². The normalized spacial score (nSPS) is 16.1. The van der Waals surface area contributed by atoms with Crippen LogP contribution in [0.15, 0.2) is 42.5 Å². The number of amides is 1. The molecule has 3 rings (SSSR count). The Balaban J connectivity index is 1.74. The lowest BCUT2D eigenvalue weighted by Gasteiger charge is -2.18. The number of nitrogens with zero attached hydrogens (tertiary/aromatic N) is 3. The Morgan fingerprint density at radius 2 is 1.67 bits per heavy atom. The molecule has 0 aromatic heterocycles. The van der Waals surface area contributed by atoms with Gasteiger partial charge in [-0.05, 0) is 30.7 Å². The fourth-order valence-corrected chi connectivity index (χ4v) is 2.97. The van der Waals surface area contributed by atoms with Crippen LogP contribution in [0.3, 0.4) is 0 Å². The number of nitrogens with one attached hydrogen (secondary N) is 1. The van der Waals surface area contributed by atoms with Gasteiger partial charge in [-0.15, -0.1) is 0 Å². The average Bonchev–Trinajstić information content (AvgIpc) is 3.11. The van der Waals surface area contributed by atoms with E-state index in [1.54, 1.807) is 24.3 Å². The van der Waals surface area contributed by atoms with Gasteiger partial charge in [0.1, 0.15) is 5.75 Å². The molecule has 10 nitrogen and oxygen atoms in total. The second-order valence-corrected chi connectivity index (χ2v) is 6.18. The molecule has 0 radical (unpaired) electrons. The molecule has 0 unspecified atom stereocenters. The molecule has 1 aliphatic heterocycles. The van der Waals surface area contributed by atoms with E-state index in [4.69, 9.17) is 0 Å². The van der Waals surface area contributed by atoms with Crippen molar-refractivity contribution in [1.82, 2.24) is 4.90 Å². The number of hydrogen-bond donors (Lipinski definition) is 2. The summed E-state index contributed by atoms with van der Waals surface area (Å²) in [5, 5.41) is 34.5. The van der Waals surface area contributed by atoms with E-state index in [1.165, 1.54) is 4.90 Å². The van der Waals surface area contributed by atoms with E-state index in [0.29, 0.717) is 19.5 Å². The van der Waals surface area contributed by atoms with Crippen LogP contribution in [0.4, 0.5) is 17.1 Å². The highest BCUT2D eigenvalue weighted by molar-refractivity contribution is 5.95. The fourth-order valence-electron chi connectivity index (χ4n) is 2.97. The predicted octanol–water partition coefficient (Wildman–Crippen LogP) is 2.54. The summed E-state index contributed by atoms with van der Waals surface area (Å²) in [4.78, 5) is 34.6. The van der Waals surface area contributed by atoms with Gasteiger partial charge in [-0.3, -0.25) is 25.0 Å². The highest BCUT2D eigenvalue weighted by atomic mass is 16.6. The van der Waals surface area contributed by atoms with Crippen molar-refractivity contribution in [3.05, 3.63) is 68.3 Å². The SMILES string of the molecule is O=C(c1cc([N+](=O)[O-])cc([N+](=O)[O-])c1)N1CC[C@@H](Nc2ccc(O)cc2)C1. The molecule has 1 fully saturated rings. The molecule has 0 saturated carbocycles. The molecule has 0 aliphatic carbocycles. The molecule has 2 aromatic carbocycles. The molecule has 27 heavy (non-hydrogen) atoms. The molecule has 0 spiro atoms. The second kappa shape index (κ2) is 7.28. The van der Waals surface area contributed by atoms with Crippen LogP contribution in [0.2, 0.25) is 0 Å². The van der Waals surface area contributed by atoms with E-state index in [-0.39, 0.29) is 17.4 Å². The third-order valence-electron chi connectivity index (χ3n) is 4.28. The van der Waals surface area contributed by atoms with Crippen LogP contribution >= 0.6 is 0 Å². The first kappa shape index (κ1) is 18.1. The lowest BCUT2D eigenvalue weighted by Crippen LogP contribution is -2.31. The summed E-state index contributed by atoms with van der Waals surface area (Å²) in [6, 6.07) is 9.41. The van der Waals surface area contributed by atoms with Gasteiger partial charge >= 0.3 is 0 Å². The van der Waals surface area contributed by atoms with Crippen LogP contribution in [0.1, 0.15) is 16.8 Å². The number of phenols is 1. The predicted molar refractivity (Wildman–Crippen MR) is 95.8 cm³/mol. The summed E-state index contributed by atoms with van der Waals surface area (Å²) in [6.07, 6.45) is 0.656. The monoisotopic (exact) mass is 372 g/mol. The number of rotatable bonds is 5. The molecule has 0 bridgehead atoms. The molecule has 1 atom stereocenters. The zero-order chi connectivity index (χ0) is 19.6. The smallest absolute Gasteiger partial charge is 0.277 e. The van der Waals surface area contributed by atoms with E-state index in [2.05, 4.69) is 5.32 Å². The van der Waals surface area contributed by atoms with E-state index in [9.17, 15) is 30.1 Å². The van der Waals surface area contributed by atoms with Crippen molar-refractivity contribution in [1.29, 1.82) is 0 Å². The van der Waals surface area contributed by atoms with Crippen molar-refractivity contribution in [3.63, 3.8) is 0 Å². The minimum absolute atomic E-state index is 0.0350. The molecule has 2 N–H and O–H groups in total. The van der Waals surface area contributed by atoms with Gasteiger partial charge in [0, 0.05) is 37.0 Å². The van der Waals surface area contributed by atoms with Crippen molar-refractivity contribution in [3.8, 4) is 5.75 Å². The zero-order valence-corrected chi connectivity index (χ0v) is 14.1. The molecule has 2 aromatic rings. The standard InChI is InChI=1S/C17H16N4O6/c22-16-3-1-12(2-4-16)18-13-5-6-19(10-13)17(23)11-7-14(20(24)25)9-15(8-11)21(26)27/h1-4,7-9,13,18,22H,5-6,10H2/t13-/m1/s1. The Morgan fingerprint density at radius 3 is 2.22 bits per heavy atom. The van der Waals surface area contributed by atoms with Crippen molar-refractivity contribution < 1.29 is 19.7 Å². The molecule has 140 valence electrons. The minimum Gasteiger partial charge on any atom is -0.508 e. The van der Waals surface area contributed by atoms with E-state index in [0.717, 1.165) is 23.9 Å². The number of hydrogen-bond acceptors (Lipinski definition) is 7. The Morgan fingerprint density at radius 1 is 1.07 bits per heavy atom. The quantitative estimate of drug-likeness (QED) is 0.467. The average molecular weight is 372 g/mol. The third-order valence-corrected chi connectivity index (χ3v) is 4.28. The molecular formula is C17H16N4O6. The van der Waals surface area contributed by atoms with Crippen LogP contribution < -0.4 is 5.32 Å². The third kappa shape index (κ3) is 4.11. The summed E-state index contributed by atoms with van der Waals surface area (Å²) < 4.78 is 0. The summed E-state index contributed by atoms with van der Waals surface area (Å²) in [6.45, 7) is 0.779. The summed E-state index contributed by atoms with van der Waals surface area (Å²) in [5.41, 5.74) is -0.282. The van der Waals surface area contributed by atoms with Gasteiger partial charge in [0.2, 0.25) is 0 Å². The molecule has 1 saturated heterocycles. The van der Waals surface area contributed by atoms with Crippen LogP contribution in [-0.4, -0.2) is 44.9 Å². The number of carbonyl (C=O) groups excluding carboxylic acids is 1. The lowest BCUT2D eigenvalue weighted by atomic mass is 10.1. The maximum atomic E-state index is 12.7. The maximum Gasteiger partial charge on any atom is 0.277 e. The summed E-state index contributed by atoms with van der Waals surface area (Å²) >= 11 is 0. The Bertz CT molecular complexity index is 867. The van der Waals surface area contributed by atoms with Crippen molar-refractivity contribution in [2.75, 3.05) is 18.4 Å². The van der Waals surface area contributed by atoms with Gasteiger partial charge in [0.25, 0.3) is 17.3 Å². The van der Waals surface area contributed by atoms with Gasteiger partial charge in [-0.25, -0.2) is 0 Å². The fraction of sp³-hybridized carbons (Fsp3) is 0.235. The molecule has 1 aliphatic rings. The number of aromatic hydroxyl groups is 1. The van der Waals surface area contributed by atoms with E-state index >= 15 is 0 Å². The molecule has 1 amide bonds. The minimum atomic E-state index is -0.761. The number of nitro benzene ring substituents is 2. The maximum absolute atomic E-state index is 12.7. The van der Waals surface area contributed by atoms with Gasteiger partial charge in [0.15, 0.2) is 0 Å². The summed E-state index contributed by atoms with van der Waals surface area (Å²) in [7, 11) is 0. The molecular weight excluding hydrogens is 356 g/mol. The Kier molecular flexibility index (Phi) is 4.88. The highest BCUT2D eigenvalue weighted by Crippen LogP contribution is 2.25. The molecule has 10 heteroatoms. The highest BCUT2D eigenvalue weighted by Gasteiger charge is 2.29. The van der Waals surface area contributed by atoms with Gasteiger partial charge in [-0.2, -0.15) is 0 Å². The Hall–Kier alpha value is -3.69. The van der Waals surface area contributed by atoms with E-state index in [1.807, 2.05) is 0 Å². The first-order valence-corrected chi connectivity index (χ1v) is 8.12. The number of benzene rings is 2. The lowest BCUT2D eigenvalue weighted by molar-refractivity contribution is -0.394. The number of nitro groups is 2. The number of carbonyl (C=O) groups is 1. The topological polar surface area (TPSA) is 139 Å². The van der Waals surface area contributed by atoms with Crippen LogP contribution in [-0.2, 0) is 0 Å². The van der Waals surface area contributed by atoms with Gasteiger partial charge in [-0.1, -0.05) is 0 Å². The van der Waals surface area contributed by atoms with Crippen LogP contribution in [0, 0.1) is 20.2 Å². The number of anilines is 1. The first-order chi connectivity index (χ1) is 12.8. The molecule has 1 heterocycles. The van der Waals surface area contributed by atoms with Crippen molar-refractivity contribution >= 4 is 23.0 Å². The largest absolute Gasteiger partial charge is 0.508 e. The zero-order valence-electron chi connectivity index (χ0n) is 14.1. The second-order valence-electron chi connectivity index (χ2n) is 6.18. The number of phenolic OH excluding ortho intramolecular Hbond substituents is 1. The number of non-ortho nitro benzene ring substituents is 2.